The van der Waals surface area contributed by atoms with Crippen LogP contribution in [-0.4, -0.2) is 16.1 Å². The van der Waals surface area contributed by atoms with Crippen molar-refractivity contribution in [2.75, 3.05) is 5.33 Å². The molecular formula is C15H12BrNO. The van der Waals surface area contributed by atoms with Gasteiger partial charge in [0.1, 0.15) is 0 Å². The summed E-state index contributed by atoms with van der Waals surface area (Å²) in [6.07, 6.45) is 2.60. The van der Waals surface area contributed by atoms with E-state index in [0.717, 1.165) is 35.0 Å². The van der Waals surface area contributed by atoms with Gasteiger partial charge in [-0.15, -0.1) is 0 Å². The first kappa shape index (κ1) is 11.6. The van der Waals surface area contributed by atoms with Gasteiger partial charge in [0.05, 0.1) is 11.0 Å². The third kappa shape index (κ3) is 1.87. The zero-order valence-corrected chi connectivity index (χ0v) is 11.4. The Morgan fingerprint density at radius 1 is 1.33 bits per heavy atom. The van der Waals surface area contributed by atoms with Crippen molar-refractivity contribution in [1.82, 2.24) is 4.98 Å². The second-order valence-corrected chi connectivity index (χ2v) is 5.01. The predicted molar refractivity (Wildman–Crippen MR) is 76.2 cm³/mol. The first-order chi connectivity index (χ1) is 8.79. The van der Waals surface area contributed by atoms with E-state index in [0.29, 0.717) is 11.8 Å². The lowest BCUT2D eigenvalue weighted by atomic mass is 9.94. The number of benzene rings is 1. The number of hydrogen-bond acceptors (Lipinski definition) is 1. The maximum atomic E-state index is 11.8. The molecule has 1 aliphatic rings. The Hall–Kier alpha value is -1.53. The Bertz CT molecular complexity index is 688. The van der Waals surface area contributed by atoms with Gasteiger partial charge in [0.2, 0.25) is 0 Å². The molecule has 0 aliphatic heterocycles. The summed E-state index contributed by atoms with van der Waals surface area (Å²) in [6.45, 7) is 0. The summed E-state index contributed by atoms with van der Waals surface area (Å²) in [5.41, 5.74) is 4.02. The largest absolute Gasteiger partial charge is 0.352 e. The Labute approximate surface area is 114 Å². The van der Waals surface area contributed by atoms with Gasteiger partial charge in [0.25, 0.3) is 0 Å². The Kier molecular flexibility index (Phi) is 2.97. The molecule has 2 nitrogen and oxygen atoms in total. The van der Waals surface area contributed by atoms with Crippen molar-refractivity contribution in [1.29, 1.82) is 0 Å². The minimum absolute atomic E-state index is 0.237. The third-order valence-corrected chi connectivity index (χ3v) is 3.60. The molecule has 0 saturated heterocycles. The summed E-state index contributed by atoms with van der Waals surface area (Å²) in [5, 5.41) is 1.83. The summed E-state index contributed by atoms with van der Waals surface area (Å²) >= 11 is 3.29. The maximum Gasteiger partial charge on any atom is 0.179 e. The molecule has 1 aromatic heterocycles. The highest BCUT2D eigenvalue weighted by molar-refractivity contribution is 9.09. The second kappa shape index (κ2) is 4.62. The zero-order chi connectivity index (χ0) is 12.5. The van der Waals surface area contributed by atoms with Crippen LogP contribution >= 0.6 is 15.9 Å². The van der Waals surface area contributed by atoms with Gasteiger partial charge in [0, 0.05) is 22.9 Å². The van der Waals surface area contributed by atoms with E-state index in [1.807, 2.05) is 12.1 Å². The molecule has 3 heteroatoms. The van der Waals surface area contributed by atoms with Gasteiger partial charge in [-0.25, -0.2) is 0 Å². The van der Waals surface area contributed by atoms with Crippen LogP contribution in [-0.2, 0) is 6.42 Å². The molecule has 2 aromatic rings. The standard InChI is InChI=1S/C15H12BrNO/c16-8-2-3-10-6-7-13-12(9-10)11-4-1-5-14(18)15(11)17-13/h6-7,9,17H,1,4-5,8H2. The molecule has 0 bridgehead atoms. The molecule has 1 heterocycles. The van der Waals surface area contributed by atoms with Crippen LogP contribution in [0.1, 0.15) is 34.5 Å². The molecule has 1 N–H and O–H groups in total. The average Bonchev–Trinajstić information content (AvgIpc) is 2.76. The highest BCUT2D eigenvalue weighted by Crippen LogP contribution is 2.29. The smallest absolute Gasteiger partial charge is 0.179 e. The van der Waals surface area contributed by atoms with E-state index in [-0.39, 0.29) is 5.78 Å². The van der Waals surface area contributed by atoms with E-state index in [9.17, 15) is 4.79 Å². The normalized spacial score (nSPS) is 14.2. The zero-order valence-electron chi connectivity index (χ0n) is 9.85. The molecule has 1 aromatic carbocycles. The Balaban J connectivity index is 2.18. The van der Waals surface area contributed by atoms with Gasteiger partial charge in [-0.3, -0.25) is 4.79 Å². The number of aromatic amines is 1. The van der Waals surface area contributed by atoms with E-state index in [2.05, 4.69) is 38.8 Å². The SMILES string of the molecule is O=C1CCCc2c1[nH]c1ccc(C#CCBr)cc21. The minimum Gasteiger partial charge on any atom is -0.352 e. The second-order valence-electron chi connectivity index (χ2n) is 4.45. The predicted octanol–water partition coefficient (Wildman–Crippen LogP) is 3.43. The van der Waals surface area contributed by atoms with Crippen molar-refractivity contribution in [2.45, 2.75) is 19.3 Å². The number of H-pyrrole nitrogens is 1. The number of alkyl halides is 1. The third-order valence-electron chi connectivity index (χ3n) is 3.32. The van der Waals surface area contributed by atoms with Crippen molar-refractivity contribution in [3.05, 3.63) is 35.0 Å². The summed E-state index contributed by atoms with van der Waals surface area (Å²) in [5.74, 6) is 6.33. The van der Waals surface area contributed by atoms with Gasteiger partial charge in [-0.2, -0.15) is 0 Å². The van der Waals surface area contributed by atoms with Gasteiger partial charge < -0.3 is 4.98 Å². The molecule has 0 amide bonds. The molecule has 18 heavy (non-hydrogen) atoms. The topological polar surface area (TPSA) is 32.9 Å². The number of Topliss-reactive ketones (excluding diaryl/α,β-unsaturated/α-hetero) is 1. The number of hydrogen-bond donors (Lipinski definition) is 1. The fourth-order valence-electron chi connectivity index (χ4n) is 2.51. The summed E-state index contributed by atoms with van der Waals surface area (Å²) in [4.78, 5) is 15.1. The molecule has 90 valence electrons. The number of ketones is 1. The number of nitrogens with one attached hydrogen (secondary N) is 1. The molecule has 3 rings (SSSR count). The lowest BCUT2D eigenvalue weighted by molar-refractivity contribution is 0.0968. The highest BCUT2D eigenvalue weighted by Gasteiger charge is 2.21. The van der Waals surface area contributed by atoms with E-state index in [4.69, 9.17) is 0 Å². The lowest BCUT2D eigenvalue weighted by Crippen LogP contribution is -2.09. The van der Waals surface area contributed by atoms with E-state index in [1.165, 1.54) is 5.56 Å². The Morgan fingerprint density at radius 2 is 2.22 bits per heavy atom. The van der Waals surface area contributed by atoms with Crippen LogP contribution < -0.4 is 0 Å². The van der Waals surface area contributed by atoms with Crippen LogP contribution in [0.2, 0.25) is 0 Å². The van der Waals surface area contributed by atoms with Crippen LogP contribution in [0.25, 0.3) is 10.9 Å². The van der Waals surface area contributed by atoms with Crippen molar-refractivity contribution >= 4 is 32.6 Å². The number of fused-ring (bicyclic) bond motifs is 3. The van der Waals surface area contributed by atoms with Crippen LogP contribution in [0.3, 0.4) is 0 Å². The summed E-state index contributed by atoms with van der Waals surface area (Å²) in [6, 6.07) is 6.09. The number of rotatable bonds is 0. The minimum atomic E-state index is 0.237. The Morgan fingerprint density at radius 3 is 3.06 bits per heavy atom. The van der Waals surface area contributed by atoms with Crippen molar-refractivity contribution in [3.8, 4) is 11.8 Å². The van der Waals surface area contributed by atoms with Gasteiger partial charge in [-0.05, 0) is 36.6 Å². The number of aromatic nitrogens is 1. The number of halogens is 1. The molecule has 0 atom stereocenters. The van der Waals surface area contributed by atoms with Gasteiger partial charge in [-0.1, -0.05) is 27.8 Å². The molecule has 0 fully saturated rings. The van der Waals surface area contributed by atoms with E-state index < -0.39 is 0 Å². The number of aryl methyl sites for hydroxylation is 1. The van der Waals surface area contributed by atoms with Crippen LogP contribution in [0.4, 0.5) is 0 Å². The molecule has 0 unspecified atom stereocenters. The summed E-state index contributed by atoms with van der Waals surface area (Å²) in [7, 11) is 0. The molecule has 0 saturated carbocycles. The molecule has 1 aliphatic carbocycles. The van der Waals surface area contributed by atoms with Crippen LogP contribution in [0.15, 0.2) is 18.2 Å². The first-order valence-corrected chi connectivity index (χ1v) is 7.14. The molecular weight excluding hydrogens is 290 g/mol. The lowest BCUT2D eigenvalue weighted by Gasteiger charge is -2.09. The number of carbonyl (C=O) groups excluding carboxylic acids is 1. The van der Waals surface area contributed by atoms with Crippen molar-refractivity contribution in [2.24, 2.45) is 0 Å². The number of carbonyl (C=O) groups is 1. The maximum absolute atomic E-state index is 11.8. The van der Waals surface area contributed by atoms with E-state index in [1.54, 1.807) is 0 Å². The molecule has 0 radical (unpaired) electrons. The van der Waals surface area contributed by atoms with Crippen molar-refractivity contribution in [3.63, 3.8) is 0 Å². The van der Waals surface area contributed by atoms with Crippen LogP contribution in [0, 0.1) is 11.8 Å². The highest BCUT2D eigenvalue weighted by atomic mass is 79.9. The molecule has 0 spiro atoms. The van der Waals surface area contributed by atoms with Gasteiger partial charge in [0.15, 0.2) is 5.78 Å². The quantitative estimate of drug-likeness (QED) is 0.587. The van der Waals surface area contributed by atoms with Gasteiger partial charge >= 0.3 is 0 Å². The van der Waals surface area contributed by atoms with E-state index >= 15 is 0 Å². The average molecular weight is 302 g/mol. The summed E-state index contributed by atoms with van der Waals surface area (Å²) < 4.78 is 0. The van der Waals surface area contributed by atoms with Crippen molar-refractivity contribution < 1.29 is 4.79 Å². The monoisotopic (exact) mass is 301 g/mol. The van der Waals surface area contributed by atoms with Crippen LogP contribution in [0.5, 0.6) is 0 Å². The fraction of sp³-hybridized carbons (Fsp3) is 0.267. The fourth-order valence-corrected chi connectivity index (χ4v) is 2.65. The first-order valence-electron chi connectivity index (χ1n) is 6.02.